The largest absolute Gasteiger partial charge is 0.380 e. The van der Waals surface area contributed by atoms with Crippen LogP contribution in [0.15, 0.2) is 33.8 Å². The molecule has 0 radical (unpaired) electrons. The van der Waals surface area contributed by atoms with Crippen molar-refractivity contribution in [2.75, 3.05) is 12.4 Å². The Balaban J connectivity index is 0.00000288. The number of benzene rings is 1. The summed E-state index contributed by atoms with van der Waals surface area (Å²) in [5, 5.41) is 7.21. The topological polar surface area (TPSA) is 85.7 Å². The average molecular weight is 444 g/mol. The molecular formula is C17H25IN4O2. The first-order valence-electron chi connectivity index (χ1n) is 7.79. The number of guanidine groups is 1. The van der Waals surface area contributed by atoms with Gasteiger partial charge in [0.15, 0.2) is 5.96 Å². The molecule has 1 aromatic carbocycles. The minimum atomic E-state index is 0. The summed E-state index contributed by atoms with van der Waals surface area (Å²) in [5.41, 5.74) is 9.92. The van der Waals surface area contributed by atoms with Crippen LogP contribution in [0.5, 0.6) is 0 Å². The molecule has 0 bridgehead atoms. The molecule has 0 fully saturated rings. The molecule has 0 unspecified atom stereocenters. The van der Waals surface area contributed by atoms with Crippen LogP contribution in [0.2, 0.25) is 0 Å². The zero-order chi connectivity index (χ0) is 16.7. The molecule has 0 spiro atoms. The van der Waals surface area contributed by atoms with E-state index in [0.717, 1.165) is 41.1 Å². The highest BCUT2D eigenvalue weighted by atomic mass is 127. The van der Waals surface area contributed by atoms with E-state index in [1.165, 1.54) is 0 Å². The van der Waals surface area contributed by atoms with Crippen molar-refractivity contribution in [3.63, 3.8) is 0 Å². The van der Waals surface area contributed by atoms with E-state index < -0.39 is 0 Å². The number of ether oxygens (including phenoxy) is 1. The molecule has 0 atom stereocenters. The van der Waals surface area contributed by atoms with E-state index >= 15 is 0 Å². The number of aromatic nitrogens is 1. The van der Waals surface area contributed by atoms with E-state index in [0.29, 0.717) is 19.1 Å². The van der Waals surface area contributed by atoms with Gasteiger partial charge in [-0.3, -0.25) is 0 Å². The van der Waals surface area contributed by atoms with Crippen molar-refractivity contribution in [3.8, 4) is 0 Å². The number of para-hydroxylation sites is 1. The number of nitrogens with zero attached hydrogens (tertiary/aromatic N) is 2. The second-order valence-corrected chi connectivity index (χ2v) is 5.15. The third-order valence-corrected chi connectivity index (χ3v) is 3.59. The first-order valence-corrected chi connectivity index (χ1v) is 7.79. The molecule has 24 heavy (non-hydrogen) atoms. The Morgan fingerprint density at radius 1 is 1.29 bits per heavy atom. The Labute approximate surface area is 159 Å². The number of hydrogen-bond acceptors (Lipinski definition) is 4. The summed E-state index contributed by atoms with van der Waals surface area (Å²) in [5.74, 6) is 1.23. The van der Waals surface area contributed by atoms with Gasteiger partial charge in [0.05, 0.1) is 18.8 Å². The molecule has 2 aromatic rings. The second kappa shape index (κ2) is 10.3. The molecule has 0 saturated heterocycles. The summed E-state index contributed by atoms with van der Waals surface area (Å²) in [6.45, 7) is 5.06. The Morgan fingerprint density at radius 2 is 2.04 bits per heavy atom. The van der Waals surface area contributed by atoms with E-state index in [9.17, 15) is 0 Å². The predicted octanol–water partition coefficient (Wildman–Crippen LogP) is 3.49. The number of rotatable bonds is 7. The number of anilines is 1. The lowest BCUT2D eigenvalue weighted by molar-refractivity contribution is 0.185. The number of aryl methyl sites for hydroxylation is 2. The van der Waals surface area contributed by atoms with Crippen molar-refractivity contribution in [1.29, 1.82) is 0 Å². The van der Waals surface area contributed by atoms with Gasteiger partial charge < -0.3 is 20.3 Å². The van der Waals surface area contributed by atoms with Crippen LogP contribution in [0.4, 0.5) is 5.69 Å². The summed E-state index contributed by atoms with van der Waals surface area (Å²) in [6, 6.07) is 7.85. The fourth-order valence-electron chi connectivity index (χ4n) is 2.38. The maximum Gasteiger partial charge on any atom is 0.193 e. The van der Waals surface area contributed by atoms with Crippen molar-refractivity contribution in [2.24, 2.45) is 10.7 Å². The molecule has 1 aromatic heterocycles. The van der Waals surface area contributed by atoms with Gasteiger partial charge >= 0.3 is 0 Å². The lowest BCUT2D eigenvalue weighted by atomic mass is 10.1. The molecule has 6 nitrogen and oxygen atoms in total. The second-order valence-electron chi connectivity index (χ2n) is 5.15. The van der Waals surface area contributed by atoms with Crippen molar-refractivity contribution in [3.05, 3.63) is 46.8 Å². The summed E-state index contributed by atoms with van der Waals surface area (Å²) >= 11 is 0. The maximum atomic E-state index is 6.02. The molecule has 2 rings (SSSR count). The monoisotopic (exact) mass is 444 g/mol. The number of aliphatic imine (C=N–C) groups is 1. The van der Waals surface area contributed by atoms with Gasteiger partial charge in [0.1, 0.15) is 5.76 Å². The van der Waals surface area contributed by atoms with Gasteiger partial charge in [-0.1, -0.05) is 37.2 Å². The van der Waals surface area contributed by atoms with Crippen molar-refractivity contribution in [2.45, 2.75) is 39.8 Å². The van der Waals surface area contributed by atoms with Crippen LogP contribution in [0.3, 0.4) is 0 Å². The van der Waals surface area contributed by atoms with Crippen LogP contribution in [0.25, 0.3) is 0 Å². The van der Waals surface area contributed by atoms with Crippen LogP contribution in [0, 0.1) is 0 Å². The number of hydrogen-bond donors (Lipinski definition) is 2. The van der Waals surface area contributed by atoms with E-state index in [1.54, 1.807) is 7.11 Å². The molecule has 7 heteroatoms. The highest BCUT2D eigenvalue weighted by Crippen LogP contribution is 2.18. The fourth-order valence-corrected chi connectivity index (χ4v) is 2.38. The molecule has 1 heterocycles. The van der Waals surface area contributed by atoms with Crippen LogP contribution in [0.1, 0.15) is 36.4 Å². The number of methoxy groups -OCH3 is 1. The van der Waals surface area contributed by atoms with E-state index in [-0.39, 0.29) is 24.0 Å². The van der Waals surface area contributed by atoms with E-state index in [4.69, 9.17) is 15.0 Å². The van der Waals surface area contributed by atoms with Gasteiger partial charge in [0, 0.05) is 30.3 Å². The lowest BCUT2D eigenvalue weighted by Crippen LogP contribution is -2.23. The summed E-state index contributed by atoms with van der Waals surface area (Å²) in [4.78, 5) is 4.42. The predicted molar refractivity (Wildman–Crippen MR) is 107 cm³/mol. The van der Waals surface area contributed by atoms with Crippen molar-refractivity contribution < 1.29 is 9.26 Å². The molecule has 0 aliphatic heterocycles. The maximum absolute atomic E-state index is 6.02. The number of nitrogens with two attached hydrogens (primary N) is 1. The minimum Gasteiger partial charge on any atom is -0.380 e. The van der Waals surface area contributed by atoms with Crippen LogP contribution in [-0.2, 0) is 30.7 Å². The number of halogens is 1. The molecule has 0 amide bonds. The van der Waals surface area contributed by atoms with E-state index in [2.05, 4.69) is 15.5 Å². The van der Waals surface area contributed by atoms with Crippen LogP contribution >= 0.6 is 24.0 Å². The Hall–Kier alpha value is -1.61. The Morgan fingerprint density at radius 3 is 2.71 bits per heavy atom. The van der Waals surface area contributed by atoms with Gasteiger partial charge in [0.25, 0.3) is 0 Å². The first kappa shape index (κ1) is 20.4. The molecule has 0 saturated carbocycles. The average Bonchev–Trinajstić information content (AvgIpc) is 2.97. The van der Waals surface area contributed by atoms with E-state index in [1.807, 2.05) is 38.1 Å². The molecule has 132 valence electrons. The zero-order valence-electron chi connectivity index (χ0n) is 14.3. The van der Waals surface area contributed by atoms with Gasteiger partial charge in [-0.15, -0.1) is 24.0 Å². The van der Waals surface area contributed by atoms with Crippen LogP contribution in [-0.4, -0.2) is 18.2 Å². The SMILES string of the molecule is CCc1noc(CC)c1CN=C(N)Nc1ccccc1COC.I. The molecule has 0 aliphatic rings. The number of nitrogens with one attached hydrogen (secondary N) is 1. The highest BCUT2D eigenvalue weighted by molar-refractivity contribution is 14.0. The normalized spacial score (nSPS) is 11.2. The molecule has 3 N–H and O–H groups in total. The standard InChI is InChI=1S/C17H24N4O2.HI/c1-4-14-13(16(5-2)23-21-14)10-19-17(18)20-15-9-7-6-8-12(15)11-22-3;/h6-9H,4-5,10-11H2,1-3H3,(H3,18,19,20);1H. The van der Waals surface area contributed by atoms with Gasteiger partial charge in [0.2, 0.25) is 0 Å². The van der Waals surface area contributed by atoms with Gasteiger partial charge in [-0.05, 0) is 12.5 Å². The minimum absolute atomic E-state index is 0. The molecule has 0 aliphatic carbocycles. The van der Waals surface area contributed by atoms with Crippen LogP contribution < -0.4 is 11.1 Å². The van der Waals surface area contributed by atoms with Crippen molar-refractivity contribution in [1.82, 2.24) is 5.16 Å². The molecular weight excluding hydrogens is 419 g/mol. The smallest absolute Gasteiger partial charge is 0.193 e. The summed E-state index contributed by atoms with van der Waals surface area (Å²) < 4.78 is 10.5. The Kier molecular flexibility index (Phi) is 8.77. The third kappa shape index (κ3) is 5.20. The third-order valence-electron chi connectivity index (χ3n) is 3.59. The fraction of sp³-hybridized carbons (Fsp3) is 0.412. The highest BCUT2D eigenvalue weighted by Gasteiger charge is 2.12. The van der Waals surface area contributed by atoms with Gasteiger partial charge in [-0.25, -0.2) is 4.99 Å². The zero-order valence-corrected chi connectivity index (χ0v) is 16.7. The van der Waals surface area contributed by atoms with Crippen molar-refractivity contribution >= 4 is 35.6 Å². The quantitative estimate of drug-likeness (QED) is 0.388. The summed E-state index contributed by atoms with van der Waals surface area (Å²) in [6.07, 6.45) is 1.61. The summed E-state index contributed by atoms with van der Waals surface area (Å²) in [7, 11) is 1.67. The van der Waals surface area contributed by atoms with Gasteiger partial charge in [-0.2, -0.15) is 0 Å². The lowest BCUT2D eigenvalue weighted by Gasteiger charge is -2.10. The first-order chi connectivity index (χ1) is 11.2. The Bertz CT molecular complexity index is 649.